The minimum Gasteiger partial charge on any atom is -0.505 e. The first-order valence-corrected chi connectivity index (χ1v) is 8.92. The molecule has 1 N–H and O–H groups in total. The molecule has 0 fully saturated rings. The van der Waals surface area contributed by atoms with Gasteiger partial charge in [-0.25, -0.2) is 23.1 Å². The van der Waals surface area contributed by atoms with Gasteiger partial charge in [0.25, 0.3) is 12.0 Å². The van der Waals surface area contributed by atoms with Crippen molar-refractivity contribution < 1.29 is 23.1 Å². The molecule has 0 unspecified atom stereocenters. The summed E-state index contributed by atoms with van der Waals surface area (Å²) < 4.78 is 41.6. The Labute approximate surface area is 167 Å². The second kappa shape index (κ2) is 7.62. The number of fused-ring (bicyclic) bond motifs is 1. The fourth-order valence-electron chi connectivity index (χ4n) is 3.48. The maximum atomic E-state index is 14.6. The van der Waals surface area contributed by atoms with Crippen LogP contribution in [0.15, 0.2) is 47.1 Å². The zero-order chi connectivity index (χ0) is 21.4. The normalized spacial score (nSPS) is 13.5. The molecule has 0 amide bonds. The Kier molecular flexibility index (Phi) is 4.98. The van der Waals surface area contributed by atoms with Gasteiger partial charge in [-0.05, 0) is 0 Å². The third kappa shape index (κ3) is 3.19. The molecule has 7 nitrogen and oxygen atoms in total. The Morgan fingerprint density at radius 3 is 2.67 bits per heavy atom. The molecule has 0 spiro atoms. The molecule has 1 aliphatic heterocycles. The number of halogens is 3. The lowest BCUT2D eigenvalue weighted by Crippen LogP contribution is -2.26. The number of hydrogen-bond donors (Lipinski definition) is 1. The number of pyridine rings is 1. The molecule has 2 aromatic heterocycles. The molecule has 0 saturated carbocycles. The number of benzene rings is 1. The topological polar surface area (TPSA) is 89.6 Å². The van der Waals surface area contributed by atoms with E-state index in [0.717, 1.165) is 4.57 Å². The number of rotatable bonds is 5. The van der Waals surface area contributed by atoms with Gasteiger partial charge < -0.3 is 9.94 Å². The Balaban J connectivity index is 2.09. The largest absolute Gasteiger partial charge is 0.505 e. The molecule has 0 aliphatic carbocycles. The molecule has 3 aromatic rings. The monoisotopic (exact) mass is 416 g/mol. The molecule has 154 valence electrons. The summed E-state index contributed by atoms with van der Waals surface area (Å²) in [4.78, 5) is 26.0. The molecule has 1 aliphatic rings. The SMILES string of the molecule is C=C(F)c1c(C2=NOCC2)cccc1-c1c(O)c2nccnc2n(CC(F)F)c1=O. The third-order valence-electron chi connectivity index (χ3n) is 4.70. The van der Waals surface area contributed by atoms with Crippen LogP contribution in [0, 0.1) is 0 Å². The van der Waals surface area contributed by atoms with E-state index < -0.39 is 30.1 Å². The summed E-state index contributed by atoms with van der Waals surface area (Å²) in [5, 5.41) is 14.7. The van der Waals surface area contributed by atoms with Crippen molar-refractivity contribution in [2.24, 2.45) is 5.16 Å². The molecule has 0 radical (unpaired) electrons. The van der Waals surface area contributed by atoms with E-state index in [2.05, 4.69) is 21.7 Å². The van der Waals surface area contributed by atoms with Crippen LogP contribution < -0.4 is 5.56 Å². The first-order chi connectivity index (χ1) is 14.4. The zero-order valence-electron chi connectivity index (χ0n) is 15.5. The molecule has 0 saturated heterocycles. The number of alkyl halides is 2. The van der Waals surface area contributed by atoms with Crippen LogP contribution in [0.5, 0.6) is 5.75 Å². The van der Waals surface area contributed by atoms with E-state index in [1.54, 1.807) is 6.07 Å². The lowest BCUT2D eigenvalue weighted by atomic mass is 9.91. The van der Waals surface area contributed by atoms with Crippen molar-refractivity contribution >= 4 is 22.7 Å². The van der Waals surface area contributed by atoms with E-state index in [-0.39, 0.29) is 27.9 Å². The van der Waals surface area contributed by atoms with Crippen molar-refractivity contribution in [3.8, 4) is 16.9 Å². The zero-order valence-corrected chi connectivity index (χ0v) is 15.5. The summed E-state index contributed by atoms with van der Waals surface area (Å²) >= 11 is 0. The number of nitrogens with zero attached hydrogens (tertiary/aromatic N) is 4. The van der Waals surface area contributed by atoms with Crippen LogP contribution in [0.3, 0.4) is 0 Å². The predicted octanol–water partition coefficient (Wildman–Crippen LogP) is 3.49. The van der Waals surface area contributed by atoms with Gasteiger partial charge in [-0.15, -0.1) is 0 Å². The van der Waals surface area contributed by atoms with Crippen LogP contribution in [0.4, 0.5) is 13.2 Å². The number of aromatic nitrogens is 3. The highest BCUT2D eigenvalue weighted by molar-refractivity contribution is 6.07. The minimum atomic E-state index is -2.86. The van der Waals surface area contributed by atoms with Gasteiger partial charge in [0.1, 0.15) is 18.0 Å². The number of oxime groups is 1. The van der Waals surface area contributed by atoms with Crippen LogP contribution in [-0.4, -0.2) is 38.4 Å². The van der Waals surface area contributed by atoms with Crippen LogP contribution in [-0.2, 0) is 11.4 Å². The molecule has 10 heteroatoms. The molecule has 30 heavy (non-hydrogen) atoms. The van der Waals surface area contributed by atoms with E-state index in [1.807, 2.05) is 0 Å². The second-order valence-electron chi connectivity index (χ2n) is 6.51. The Morgan fingerprint density at radius 1 is 1.27 bits per heavy atom. The maximum Gasteiger partial charge on any atom is 0.264 e. The maximum absolute atomic E-state index is 14.6. The first-order valence-electron chi connectivity index (χ1n) is 8.92. The lowest BCUT2D eigenvalue weighted by molar-refractivity contribution is 0.126. The van der Waals surface area contributed by atoms with E-state index in [9.17, 15) is 23.1 Å². The highest BCUT2D eigenvalue weighted by Gasteiger charge is 2.26. The van der Waals surface area contributed by atoms with Gasteiger partial charge in [0.15, 0.2) is 11.4 Å². The van der Waals surface area contributed by atoms with Gasteiger partial charge in [0.05, 0.1) is 17.8 Å². The van der Waals surface area contributed by atoms with Gasteiger partial charge >= 0.3 is 0 Å². The molecule has 0 bridgehead atoms. The minimum absolute atomic E-state index is 0.0207. The summed E-state index contributed by atoms with van der Waals surface area (Å²) in [5.41, 5.74) is -1.02. The van der Waals surface area contributed by atoms with Crippen molar-refractivity contribution in [3.63, 3.8) is 0 Å². The van der Waals surface area contributed by atoms with E-state index in [1.165, 1.54) is 24.5 Å². The summed E-state index contributed by atoms with van der Waals surface area (Å²) in [7, 11) is 0. The van der Waals surface area contributed by atoms with Gasteiger partial charge in [0.2, 0.25) is 0 Å². The van der Waals surface area contributed by atoms with Crippen molar-refractivity contribution in [2.45, 2.75) is 19.4 Å². The Hall–Kier alpha value is -3.69. The van der Waals surface area contributed by atoms with E-state index in [0.29, 0.717) is 24.3 Å². The van der Waals surface area contributed by atoms with Gasteiger partial charge in [-0.1, -0.05) is 29.9 Å². The Bertz CT molecular complexity index is 1250. The Morgan fingerprint density at radius 2 is 2.00 bits per heavy atom. The molecule has 3 heterocycles. The second-order valence-corrected chi connectivity index (χ2v) is 6.51. The van der Waals surface area contributed by atoms with E-state index >= 15 is 0 Å². The van der Waals surface area contributed by atoms with E-state index in [4.69, 9.17) is 4.84 Å². The van der Waals surface area contributed by atoms with Crippen LogP contribution in [0.1, 0.15) is 17.5 Å². The standard InChI is InChI=1S/C20H15F3N4O3/c1-10(21)15-11(13-5-8-30-26-13)3-2-4-12(15)16-18(28)17-19(25-7-6-24-17)27(20(16)29)9-14(22)23/h2-4,6-7,14,28H,1,5,8-9H2. The van der Waals surface area contributed by atoms with Crippen molar-refractivity contribution in [1.82, 2.24) is 14.5 Å². The van der Waals surface area contributed by atoms with Crippen molar-refractivity contribution in [3.05, 3.63) is 58.7 Å². The first kappa shape index (κ1) is 19.6. The third-order valence-corrected chi connectivity index (χ3v) is 4.70. The van der Waals surface area contributed by atoms with Crippen LogP contribution >= 0.6 is 0 Å². The van der Waals surface area contributed by atoms with Gasteiger partial charge in [-0.2, -0.15) is 0 Å². The van der Waals surface area contributed by atoms with Crippen LogP contribution in [0.2, 0.25) is 0 Å². The highest BCUT2D eigenvalue weighted by Crippen LogP contribution is 2.38. The molecule has 0 atom stereocenters. The fourth-order valence-corrected chi connectivity index (χ4v) is 3.48. The smallest absolute Gasteiger partial charge is 0.264 e. The fraction of sp³-hybridized carbons (Fsp3) is 0.200. The van der Waals surface area contributed by atoms with Crippen molar-refractivity contribution in [2.75, 3.05) is 6.61 Å². The number of hydrogen-bond acceptors (Lipinski definition) is 6. The molecule has 4 rings (SSSR count). The quantitative estimate of drug-likeness (QED) is 0.688. The number of aromatic hydroxyl groups is 1. The molecular weight excluding hydrogens is 401 g/mol. The summed E-state index contributed by atoms with van der Waals surface area (Å²) in [5.74, 6) is -1.47. The van der Waals surface area contributed by atoms with Crippen molar-refractivity contribution in [1.29, 1.82) is 0 Å². The summed E-state index contributed by atoms with van der Waals surface area (Å²) in [6.07, 6.45) is 0.0154. The average molecular weight is 416 g/mol. The van der Waals surface area contributed by atoms with Crippen LogP contribution in [0.25, 0.3) is 28.1 Å². The molecular formula is C20H15F3N4O3. The predicted molar refractivity (Wildman–Crippen MR) is 104 cm³/mol. The van der Waals surface area contributed by atoms with Gasteiger partial charge in [0, 0.05) is 35.5 Å². The summed E-state index contributed by atoms with van der Waals surface area (Å²) in [6, 6.07) is 4.51. The molecule has 1 aromatic carbocycles. The average Bonchev–Trinajstić information content (AvgIpc) is 3.25. The lowest BCUT2D eigenvalue weighted by Gasteiger charge is -2.17. The summed E-state index contributed by atoms with van der Waals surface area (Å²) in [6.45, 7) is 2.69. The van der Waals surface area contributed by atoms with Gasteiger partial charge in [-0.3, -0.25) is 9.36 Å². The highest BCUT2D eigenvalue weighted by atomic mass is 19.3.